The highest BCUT2D eigenvalue weighted by Gasteiger charge is 2.16. The van der Waals surface area contributed by atoms with Crippen molar-refractivity contribution in [2.24, 2.45) is 5.73 Å². The van der Waals surface area contributed by atoms with Crippen molar-refractivity contribution in [2.75, 3.05) is 11.9 Å². The number of carbonyl (C=O) groups is 1. The Kier molecular flexibility index (Phi) is 4.33. The first-order valence-corrected chi connectivity index (χ1v) is 6.92. The van der Waals surface area contributed by atoms with Gasteiger partial charge in [-0.2, -0.15) is 0 Å². The number of anilines is 1. The minimum atomic E-state index is -0.170. The standard InChI is InChI=1S/C16H17N3OS/c1-10-4-7-14(11(2)8-10)19(3)16(20)13-6-5-12(9-18-13)15(17)21/h4-9H,1-3H3,(H2,17,21). The summed E-state index contributed by atoms with van der Waals surface area (Å²) in [4.78, 5) is 18.5. The molecule has 0 aliphatic rings. The molecular weight excluding hydrogens is 282 g/mol. The van der Waals surface area contributed by atoms with Crippen LogP contribution in [0.15, 0.2) is 36.5 Å². The predicted octanol–water partition coefficient (Wildman–Crippen LogP) is 2.61. The fraction of sp³-hybridized carbons (Fsp3) is 0.188. The highest BCUT2D eigenvalue weighted by atomic mass is 32.1. The number of aromatic nitrogens is 1. The van der Waals surface area contributed by atoms with Crippen LogP contribution in [0.5, 0.6) is 0 Å². The van der Waals surface area contributed by atoms with Crippen LogP contribution in [0.1, 0.15) is 27.2 Å². The van der Waals surface area contributed by atoms with E-state index in [4.69, 9.17) is 18.0 Å². The molecule has 0 saturated carbocycles. The SMILES string of the molecule is Cc1ccc(N(C)C(=O)c2ccc(C(N)=S)cn2)c(C)c1. The van der Waals surface area contributed by atoms with E-state index in [9.17, 15) is 4.79 Å². The van der Waals surface area contributed by atoms with Crippen LogP contribution in [0.4, 0.5) is 5.69 Å². The summed E-state index contributed by atoms with van der Waals surface area (Å²) in [5, 5.41) is 0. The number of rotatable bonds is 3. The molecule has 0 bridgehead atoms. The van der Waals surface area contributed by atoms with Crippen LogP contribution in [0, 0.1) is 13.8 Å². The number of aryl methyl sites for hydroxylation is 2. The normalized spacial score (nSPS) is 10.2. The van der Waals surface area contributed by atoms with Gasteiger partial charge in [-0.1, -0.05) is 29.9 Å². The summed E-state index contributed by atoms with van der Waals surface area (Å²) >= 11 is 4.87. The number of thiocarbonyl (C=S) groups is 1. The van der Waals surface area contributed by atoms with Crippen LogP contribution in [-0.2, 0) is 0 Å². The minimum absolute atomic E-state index is 0.170. The van der Waals surface area contributed by atoms with Gasteiger partial charge in [-0.25, -0.2) is 0 Å². The molecule has 0 spiro atoms. The maximum absolute atomic E-state index is 12.5. The first-order chi connectivity index (χ1) is 9.90. The number of nitrogens with two attached hydrogens (primary N) is 1. The fourth-order valence-corrected chi connectivity index (χ4v) is 2.25. The van der Waals surface area contributed by atoms with Crippen LogP contribution in [0.3, 0.4) is 0 Å². The summed E-state index contributed by atoms with van der Waals surface area (Å²) in [5.74, 6) is -0.170. The van der Waals surface area contributed by atoms with Crippen LogP contribution in [0.2, 0.25) is 0 Å². The second-order valence-corrected chi connectivity index (χ2v) is 5.39. The zero-order valence-corrected chi connectivity index (χ0v) is 13.1. The summed E-state index contributed by atoms with van der Waals surface area (Å²) in [6.45, 7) is 4.00. The molecule has 2 aromatic rings. The average molecular weight is 299 g/mol. The van der Waals surface area contributed by atoms with Gasteiger partial charge >= 0.3 is 0 Å². The van der Waals surface area contributed by atoms with E-state index in [1.165, 1.54) is 6.20 Å². The lowest BCUT2D eigenvalue weighted by atomic mass is 10.1. The number of benzene rings is 1. The molecule has 108 valence electrons. The summed E-state index contributed by atoms with van der Waals surface area (Å²) in [6, 6.07) is 9.30. The van der Waals surface area contributed by atoms with Crippen molar-refractivity contribution in [3.05, 3.63) is 58.9 Å². The number of nitrogens with zero attached hydrogens (tertiary/aromatic N) is 2. The number of carbonyl (C=O) groups excluding carboxylic acids is 1. The van der Waals surface area contributed by atoms with Gasteiger partial charge in [0.15, 0.2) is 0 Å². The molecule has 0 saturated heterocycles. The molecular formula is C16H17N3OS. The van der Waals surface area contributed by atoms with E-state index in [2.05, 4.69) is 4.98 Å². The topological polar surface area (TPSA) is 59.2 Å². The van der Waals surface area contributed by atoms with Crippen molar-refractivity contribution in [3.8, 4) is 0 Å². The molecule has 2 N–H and O–H groups in total. The molecule has 21 heavy (non-hydrogen) atoms. The van der Waals surface area contributed by atoms with E-state index >= 15 is 0 Å². The zero-order valence-electron chi connectivity index (χ0n) is 12.3. The van der Waals surface area contributed by atoms with Crippen LogP contribution >= 0.6 is 12.2 Å². The molecule has 0 unspecified atom stereocenters. The third-order valence-corrected chi connectivity index (χ3v) is 3.52. The van der Waals surface area contributed by atoms with E-state index in [0.717, 1.165) is 16.8 Å². The lowest BCUT2D eigenvalue weighted by Gasteiger charge is -2.19. The van der Waals surface area contributed by atoms with Gasteiger partial charge in [-0.15, -0.1) is 0 Å². The van der Waals surface area contributed by atoms with Crippen molar-refractivity contribution in [3.63, 3.8) is 0 Å². The van der Waals surface area contributed by atoms with E-state index in [1.807, 2.05) is 32.0 Å². The van der Waals surface area contributed by atoms with Crippen molar-refractivity contribution in [1.29, 1.82) is 0 Å². The Labute approximate surface area is 129 Å². The number of amides is 1. The van der Waals surface area contributed by atoms with E-state index in [1.54, 1.807) is 24.1 Å². The largest absolute Gasteiger partial charge is 0.389 e. The number of hydrogen-bond acceptors (Lipinski definition) is 3. The second-order valence-electron chi connectivity index (χ2n) is 4.95. The molecule has 0 aliphatic carbocycles. The molecule has 0 fully saturated rings. The van der Waals surface area contributed by atoms with Gasteiger partial charge in [0.2, 0.25) is 0 Å². The quantitative estimate of drug-likeness (QED) is 0.885. The second kappa shape index (κ2) is 6.01. The molecule has 4 nitrogen and oxygen atoms in total. The van der Waals surface area contributed by atoms with Crippen LogP contribution in [-0.4, -0.2) is 22.9 Å². The molecule has 0 aliphatic heterocycles. The van der Waals surface area contributed by atoms with E-state index in [0.29, 0.717) is 11.3 Å². The Bertz CT molecular complexity index is 695. The Morgan fingerprint density at radius 2 is 1.95 bits per heavy atom. The first kappa shape index (κ1) is 15.1. The zero-order chi connectivity index (χ0) is 15.6. The smallest absolute Gasteiger partial charge is 0.276 e. The Hall–Kier alpha value is -2.27. The molecule has 0 radical (unpaired) electrons. The number of hydrogen-bond donors (Lipinski definition) is 1. The molecule has 1 heterocycles. The maximum atomic E-state index is 12.5. The van der Waals surface area contributed by atoms with E-state index < -0.39 is 0 Å². The maximum Gasteiger partial charge on any atom is 0.276 e. The lowest BCUT2D eigenvalue weighted by molar-refractivity contribution is 0.0988. The Morgan fingerprint density at radius 3 is 2.48 bits per heavy atom. The average Bonchev–Trinajstić information content (AvgIpc) is 2.46. The first-order valence-electron chi connectivity index (χ1n) is 6.51. The Balaban J connectivity index is 2.28. The van der Waals surface area contributed by atoms with Gasteiger partial charge in [0.25, 0.3) is 5.91 Å². The van der Waals surface area contributed by atoms with Gasteiger partial charge in [-0.05, 0) is 37.6 Å². The van der Waals surface area contributed by atoms with Gasteiger partial charge in [0.05, 0.1) is 0 Å². The third kappa shape index (κ3) is 3.25. The van der Waals surface area contributed by atoms with Gasteiger partial charge in [0, 0.05) is 24.5 Å². The summed E-state index contributed by atoms with van der Waals surface area (Å²) in [7, 11) is 1.74. The molecule has 0 atom stereocenters. The fourth-order valence-electron chi connectivity index (χ4n) is 2.13. The molecule has 1 amide bonds. The van der Waals surface area contributed by atoms with E-state index in [-0.39, 0.29) is 10.9 Å². The van der Waals surface area contributed by atoms with Crippen LogP contribution in [0.25, 0.3) is 0 Å². The molecule has 2 rings (SSSR count). The highest BCUT2D eigenvalue weighted by Crippen LogP contribution is 2.21. The monoisotopic (exact) mass is 299 g/mol. The molecule has 1 aromatic carbocycles. The molecule has 1 aromatic heterocycles. The summed E-state index contributed by atoms with van der Waals surface area (Å²) < 4.78 is 0. The van der Waals surface area contributed by atoms with Crippen molar-refractivity contribution in [1.82, 2.24) is 4.98 Å². The van der Waals surface area contributed by atoms with Crippen LogP contribution < -0.4 is 10.6 Å². The minimum Gasteiger partial charge on any atom is -0.389 e. The molecule has 5 heteroatoms. The van der Waals surface area contributed by atoms with Gasteiger partial charge < -0.3 is 10.6 Å². The summed E-state index contributed by atoms with van der Waals surface area (Å²) in [5.41, 5.74) is 9.60. The Morgan fingerprint density at radius 1 is 1.24 bits per heavy atom. The van der Waals surface area contributed by atoms with Crippen molar-refractivity contribution >= 4 is 28.8 Å². The van der Waals surface area contributed by atoms with Crippen molar-refractivity contribution < 1.29 is 4.79 Å². The predicted molar refractivity (Wildman–Crippen MR) is 88.8 cm³/mol. The van der Waals surface area contributed by atoms with Crippen molar-refractivity contribution in [2.45, 2.75) is 13.8 Å². The summed E-state index contributed by atoms with van der Waals surface area (Å²) in [6.07, 6.45) is 1.52. The van der Waals surface area contributed by atoms with Gasteiger partial charge in [0.1, 0.15) is 10.7 Å². The van der Waals surface area contributed by atoms with Gasteiger partial charge in [-0.3, -0.25) is 9.78 Å². The number of pyridine rings is 1. The lowest BCUT2D eigenvalue weighted by Crippen LogP contribution is -2.28. The third-order valence-electron chi connectivity index (χ3n) is 3.29. The highest BCUT2D eigenvalue weighted by molar-refractivity contribution is 7.80.